The van der Waals surface area contributed by atoms with Crippen LogP contribution in [0.5, 0.6) is 5.75 Å². The molecule has 1 fully saturated rings. The minimum absolute atomic E-state index is 0.101. The topological polar surface area (TPSA) is 78.5 Å². The number of anilines is 1. The Kier molecular flexibility index (Phi) is 5.87. The summed E-state index contributed by atoms with van der Waals surface area (Å²) in [7, 11) is 0. The van der Waals surface area contributed by atoms with E-state index < -0.39 is 0 Å². The molecule has 5 rings (SSSR count). The summed E-state index contributed by atoms with van der Waals surface area (Å²) in [5, 5.41) is 0.610. The van der Waals surface area contributed by atoms with E-state index in [4.69, 9.17) is 4.74 Å². The van der Waals surface area contributed by atoms with Gasteiger partial charge in [0.1, 0.15) is 11.6 Å². The summed E-state index contributed by atoms with van der Waals surface area (Å²) in [4.78, 5) is 36.7. The van der Waals surface area contributed by atoms with Gasteiger partial charge in [0.15, 0.2) is 0 Å². The highest BCUT2D eigenvalue weighted by Gasteiger charge is 2.19. The van der Waals surface area contributed by atoms with E-state index in [-0.39, 0.29) is 11.5 Å². The molecule has 0 aliphatic carbocycles. The van der Waals surface area contributed by atoms with Gasteiger partial charge in [-0.2, -0.15) is 0 Å². The number of hydrogen-bond donors (Lipinski definition) is 1. The van der Waals surface area contributed by atoms with Crippen LogP contribution >= 0.6 is 0 Å². The SMILES string of the molecule is O=C(Oc1cccc(N2CCN(Cc3nc4ccccc4c(=O)[nH]3)CC2)c1)c1ccccc1. The molecule has 4 aromatic rings. The number of nitrogens with one attached hydrogen (secondary N) is 1. The van der Waals surface area contributed by atoms with E-state index in [9.17, 15) is 9.59 Å². The second kappa shape index (κ2) is 9.26. The van der Waals surface area contributed by atoms with Crippen LogP contribution in [-0.2, 0) is 6.54 Å². The van der Waals surface area contributed by atoms with Crippen LogP contribution in [0.15, 0.2) is 83.7 Å². The van der Waals surface area contributed by atoms with Crippen LogP contribution in [0.1, 0.15) is 16.2 Å². The van der Waals surface area contributed by atoms with Crippen LogP contribution in [0.25, 0.3) is 10.9 Å². The summed E-state index contributed by atoms with van der Waals surface area (Å²) in [6.45, 7) is 3.93. The van der Waals surface area contributed by atoms with Gasteiger partial charge < -0.3 is 14.6 Å². The van der Waals surface area contributed by atoms with Gasteiger partial charge in [0.05, 0.1) is 23.0 Å². The lowest BCUT2D eigenvalue weighted by Gasteiger charge is -2.35. The smallest absolute Gasteiger partial charge is 0.343 e. The van der Waals surface area contributed by atoms with Crippen LogP contribution in [0.2, 0.25) is 0 Å². The summed E-state index contributed by atoms with van der Waals surface area (Å²) in [6, 6.07) is 24.0. The Morgan fingerprint density at radius 1 is 0.909 bits per heavy atom. The highest BCUT2D eigenvalue weighted by Crippen LogP contribution is 2.23. The molecule has 0 saturated carbocycles. The molecule has 3 aromatic carbocycles. The number of benzene rings is 3. The highest BCUT2D eigenvalue weighted by molar-refractivity contribution is 5.91. The zero-order valence-corrected chi connectivity index (χ0v) is 18.1. The molecule has 0 unspecified atom stereocenters. The second-order valence-electron chi connectivity index (χ2n) is 8.05. The maximum atomic E-state index is 12.4. The molecule has 7 nitrogen and oxygen atoms in total. The molecule has 1 aliphatic rings. The fraction of sp³-hybridized carbons (Fsp3) is 0.192. The zero-order valence-electron chi connectivity index (χ0n) is 18.1. The average molecular weight is 441 g/mol. The number of hydrogen-bond acceptors (Lipinski definition) is 6. The van der Waals surface area contributed by atoms with Crippen LogP contribution in [0, 0.1) is 0 Å². The lowest BCUT2D eigenvalue weighted by atomic mass is 10.2. The molecule has 1 aliphatic heterocycles. The molecule has 1 saturated heterocycles. The average Bonchev–Trinajstić information content (AvgIpc) is 2.85. The molecule has 2 heterocycles. The second-order valence-corrected chi connectivity index (χ2v) is 8.05. The highest BCUT2D eigenvalue weighted by atomic mass is 16.5. The number of piperazine rings is 1. The van der Waals surface area contributed by atoms with Gasteiger partial charge in [0.25, 0.3) is 5.56 Å². The summed E-state index contributed by atoms with van der Waals surface area (Å²) in [6.07, 6.45) is 0. The van der Waals surface area contributed by atoms with Gasteiger partial charge >= 0.3 is 5.97 Å². The minimum atomic E-state index is -0.366. The Morgan fingerprint density at radius 2 is 1.67 bits per heavy atom. The van der Waals surface area contributed by atoms with Gasteiger partial charge in [-0.05, 0) is 36.4 Å². The number of H-pyrrole nitrogens is 1. The van der Waals surface area contributed by atoms with E-state index in [1.165, 1.54) is 0 Å². The van der Waals surface area contributed by atoms with Gasteiger partial charge in [-0.3, -0.25) is 9.69 Å². The van der Waals surface area contributed by atoms with Crippen molar-refractivity contribution in [1.29, 1.82) is 0 Å². The number of nitrogens with zero attached hydrogens (tertiary/aromatic N) is 3. The van der Waals surface area contributed by atoms with Crippen molar-refractivity contribution in [2.75, 3.05) is 31.1 Å². The Labute approximate surface area is 191 Å². The predicted molar refractivity (Wildman–Crippen MR) is 128 cm³/mol. The molecule has 0 spiro atoms. The Morgan fingerprint density at radius 3 is 2.48 bits per heavy atom. The van der Waals surface area contributed by atoms with Crippen molar-refractivity contribution in [2.24, 2.45) is 0 Å². The van der Waals surface area contributed by atoms with E-state index in [0.29, 0.717) is 29.1 Å². The number of esters is 1. The van der Waals surface area contributed by atoms with Gasteiger partial charge in [0, 0.05) is 37.9 Å². The predicted octanol–water partition coefficient (Wildman–Crippen LogP) is 3.46. The van der Waals surface area contributed by atoms with E-state index in [0.717, 1.165) is 37.4 Å². The molecule has 0 atom stereocenters. The molecule has 1 N–H and O–H groups in total. The first-order valence-electron chi connectivity index (χ1n) is 11.0. The Hall–Kier alpha value is -3.97. The molecule has 0 amide bonds. The van der Waals surface area contributed by atoms with Crippen molar-refractivity contribution >= 4 is 22.6 Å². The molecule has 0 bridgehead atoms. The van der Waals surface area contributed by atoms with E-state index in [1.807, 2.05) is 54.6 Å². The first kappa shape index (κ1) is 20.9. The number of carbonyl (C=O) groups is 1. The van der Waals surface area contributed by atoms with Crippen molar-refractivity contribution in [3.05, 3.63) is 101 Å². The standard InChI is InChI=1S/C26H24N4O3/c31-25-22-11-4-5-12-23(22)27-24(28-25)18-29-13-15-30(16-14-29)20-9-6-10-21(17-20)33-26(32)19-7-2-1-3-8-19/h1-12,17H,13-16,18H2,(H,27,28,31). The lowest BCUT2D eigenvalue weighted by molar-refractivity contribution is 0.0735. The van der Waals surface area contributed by atoms with Crippen molar-refractivity contribution in [2.45, 2.75) is 6.54 Å². The first-order valence-corrected chi connectivity index (χ1v) is 11.0. The van der Waals surface area contributed by atoms with Crippen molar-refractivity contribution in [3.8, 4) is 5.75 Å². The normalized spacial score (nSPS) is 14.4. The molecule has 166 valence electrons. The number of rotatable bonds is 5. The summed E-state index contributed by atoms with van der Waals surface area (Å²) >= 11 is 0. The quantitative estimate of drug-likeness (QED) is 0.378. The van der Waals surface area contributed by atoms with Crippen LogP contribution < -0.4 is 15.2 Å². The largest absolute Gasteiger partial charge is 0.423 e. The number of carbonyl (C=O) groups excluding carboxylic acids is 1. The minimum Gasteiger partial charge on any atom is -0.423 e. The van der Waals surface area contributed by atoms with Gasteiger partial charge in [-0.1, -0.05) is 36.4 Å². The van der Waals surface area contributed by atoms with Crippen molar-refractivity contribution < 1.29 is 9.53 Å². The van der Waals surface area contributed by atoms with E-state index >= 15 is 0 Å². The monoisotopic (exact) mass is 440 g/mol. The third-order valence-electron chi connectivity index (χ3n) is 5.81. The molecule has 1 aromatic heterocycles. The third-order valence-corrected chi connectivity index (χ3v) is 5.81. The van der Waals surface area contributed by atoms with Gasteiger partial charge in [-0.15, -0.1) is 0 Å². The van der Waals surface area contributed by atoms with E-state index in [2.05, 4.69) is 19.8 Å². The fourth-order valence-corrected chi connectivity index (χ4v) is 4.07. The molecular weight excluding hydrogens is 416 g/mol. The Bertz CT molecular complexity index is 1330. The summed E-state index contributed by atoms with van der Waals surface area (Å²) < 4.78 is 5.56. The number of para-hydroxylation sites is 1. The van der Waals surface area contributed by atoms with Crippen LogP contribution in [-0.4, -0.2) is 47.0 Å². The summed E-state index contributed by atoms with van der Waals surface area (Å²) in [5.74, 6) is 0.846. The molecule has 7 heteroatoms. The first-order chi connectivity index (χ1) is 16.2. The van der Waals surface area contributed by atoms with Crippen molar-refractivity contribution in [1.82, 2.24) is 14.9 Å². The van der Waals surface area contributed by atoms with Crippen LogP contribution in [0.3, 0.4) is 0 Å². The van der Waals surface area contributed by atoms with Crippen LogP contribution in [0.4, 0.5) is 5.69 Å². The number of ether oxygens (including phenoxy) is 1. The number of fused-ring (bicyclic) bond motifs is 1. The molecule has 33 heavy (non-hydrogen) atoms. The zero-order chi connectivity index (χ0) is 22.6. The van der Waals surface area contributed by atoms with Gasteiger partial charge in [-0.25, -0.2) is 9.78 Å². The molecule has 0 radical (unpaired) electrons. The van der Waals surface area contributed by atoms with Crippen molar-refractivity contribution in [3.63, 3.8) is 0 Å². The third kappa shape index (κ3) is 4.78. The number of aromatic nitrogens is 2. The molecular formula is C26H24N4O3. The Balaban J connectivity index is 1.21. The maximum Gasteiger partial charge on any atom is 0.343 e. The lowest BCUT2D eigenvalue weighted by Crippen LogP contribution is -2.46. The van der Waals surface area contributed by atoms with Gasteiger partial charge in [0.2, 0.25) is 0 Å². The maximum absolute atomic E-state index is 12.4. The van der Waals surface area contributed by atoms with E-state index in [1.54, 1.807) is 24.3 Å². The number of aromatic amines is 1. The summed E-state index contributed by atoms with van der Waals surface area (Å²) in [5.41, 5.74) is 2.16. The fourth-order valence-electron chi connectivity index (χ4n) is 4.07.